The van der Waals surface area contributed by atoms with E-state index in [4.69, 9.17) is 5.73 Å². The molecule has 0 saturated heterocycles. The Labute approximate surface area is 103 Å². The summed E-state index contributed by atoms with van der Waals surface area (Å²) in [6.45, 7) is 0. The fraction of sp³-hybridized carbons (Fsp3) is 0.333. The molecule has 0 amide bonds. The number of halogens is 1. The monoisotopic (exact) mass is 248 g/mol. The van der Waals surface area contributed by atoms with E-state index in [0.29, 0.717) is 24.2 Å². The number of nitrogens with two attached hydrogens (primary N) is 1. The minimum absolute atomic E-state index is 0.142. The third-order valence-corrected chi connectivity index (χ3v) is 3.21. The lowest BCUT2D eigenvalue weighted by Gasteiger charge is -2.31. The van der Waals surface area contributed by atoms with Crippen LogP contribution in [0.4, 0.5) is 10.1 Å². The molecule has 1 aliphatic carbocycles. The Morgan fingerprint density at radius 3 is 2.83 bits per heavy atom. The number of pyridine rings is 1. The number of anilines is 1. The van der Waals surface area contributed by atoms with Crippen LogP contribution in [0.15, 0.2) is 24.5 Å². The second-order valence-electron chi connectivity index (χ2n) is 4.53. The van der Waals surface area contributed by atoms with Gasteiger partial charge in [-0.2, -0.15) is 5.10 Å². The van der Waals surface area contributed by atoms with E-state index >= 15 is 0 Å². The quantitative estimate of drug-likeness (QED) is 0.841. The fourth-order valence-corrected chi connectivity index (χ4v) is 2.11. The summed E-state index contributed by atoms with van der Waals surface area (Å²) in [5.74, 6) is -0.442. The second-order valence-corrected chi connectivity index (χ2v) is 4.53. The summed E-state index contributed by atoms with van der Waals surface area (Å²) in [5, 5.41) is 13.5. The maximum atomic E-state index is 13.6. The Kier molecular flexibility index (Phi) is 2.52. The fourth-order valence-electron chi connectivity index (χ4n) is 2.11. The van der Waals surface area contributed by atoms with E-state index in [2.05, 4.69) is 10.1 Å². The van der Waals surface area contributed by atoms with Crippen LogP contribution in [0.5, 0.6) is 0 Å². The molecule has 3 rings (SSSR count). The summed E-state index contributed by atoms with van der Waals surface area (Å²) < 4.78 is 15.3. The third kappa shape index (κ3) is 1.74. The molecule has 1 aliphatic rings. The summed E-state index contributed by atoms with van der Waals surface area (Å²) in [4.78, 5) is 3.96. The molecule has 0 unspecified atom stereocenters. The van der Waals surface area contributed by atoms with Gasteiger partial charge in [0.05, 0.1) is 17.8 Å². The van der Waals surface area contributed by atoms with Crippen molar-refractivity contribution in [2.45, 2.75) is 25.0 Å². The van der Waals surface area contributed by atoms with Crippen molar-refractivity contribution in [3.8, 4) is 11.4 Å². The van der Waals surface area contributed by atoms with Crippen LogP contribution in [-0.2, 0) is 0 Å². The zero-order valence-electron chi connectivity index (χ0n) is 9.62. The SMILES string of the molecule is Nc1cn([C@H]2C[C@H](O)C2)nc1-c1ncccc1F. The summed E-state index contributed by atoms with van der Waals surface area (Å²) in [7, 11) is 0. The maximum absolute atomic E-state index is 13.6. The minimum Gasteiger partial charge on any atom is -0.396 e. The number of hydrogen-bond acceptors (Lipinski definition) is 4. The molecular weight excluding hydrogens is 235 g/mol. The summed E-state index contributed by atoms with van der Waals surface area (Å²) >= 11 is 0. The molecule has 2 aromatic rings. The molecule has 1 saturated carbocycles. The average molecular weight is 248 g/mol. The molecule has 5 nitrogen and oxygen atoms in total. The molecule has 0 aliphatic heterocycles. The minimum atomic E-state index is -0.442. The highest BCUT2D eigenvalue weighted by Gasteiger charge is 2.30. The van der Waals surface area contributed by atoms with Crippen molar-refractivity contribution in [1.82, 2.24) is 14.8 Å². The van der Waals surface area contributed by atoms with Gasteiger partial charge in [-0.15, -0.1) is 0 Å². The van der Waals surface area contributed by atoms with Gasteiger partial charge in [0.15, 0.2) is 5.82 Å². The second kappa shape index (κ2) is 4.06. The lowest BCUT2D eigenvalue weighted by molar-refractivity contribution is 0.0435. The molecule has 1 fully saturated rings. The van der Waals surface area contributed by atoms with Crippen LogP contribution in [0.3, 0.4) is 0 Å². The predicted molar refractivity (Wildman–Crippen MR) is 64.1 cm³/mol. The number of nitrogens with zero attached hydrogens (tertiary/aromatic N) is 3. The van der Waals surface area contributed by atoms with Gasteiger partial charge in [0, 0.05) is 12.4 Å². The van der Waals surface area contributed by atoms with E-state index in [9.17, 15) is 9.50 Å². The first-order valence-electron chi connectivity index (χ1n) is 5.78. The number of nitrogen functional groups attached to an aromatic ring is 1. The van der Waals surface area contributed by atoms with Crippen molar-refractivity contribution in [2.24, 2.45) is 0 Å². The number of hydrogen-bond donors (Lipinski definition) is 2. The highest BCUT2D eigenvalue weighted by molar-refractivity contribution is 5.69. The zero-order chi connectivity index (χ0) is 12.7. The third-order valence-electron chi connectivity index (χ3n) is 3.21. The molecule has 2 heterocycles. The number of aliphatic hydroxyl groups excluding tert-OH is 1. The van der Waals surface area contributed by atoms with Gasteiger partial charge in [0.1, 0.15) is 11.4 Å². The Morgan fingerprint density at radius 1 is 1.39 bits per heavy atom. The number of aliphatic hydroxyl groups is 1. The van der Waals surface area contributed by atoms with Gasteiger partial charge in [0.2, 0.25) is 0 Å². The lowest BCUT2D eigenvalue weighted by Crippen LogP contribution is -2.31. The van der Waals surface area contributed by atoms with Gasteiger partial charge in [-0.05, 0) is 25.0 Å². The lowest BCUT2D eigenvalue weighted by atomic mass is 9.90. The molecule has 0 aromatic carbocycles. The summed E-state index contributed by atoms with van der Waals surface area (Å²) in [6.07, 6.45) is 4.22. The topological polar surface area (TPSA) is 77.0 Å². The first-order valence-corrected chi connectivity index (χ1v) is 5.78. The predicted octanol–water partition coefficient (Wildman–Crippen LogP) is 1.36. The first-order chi connectivity index (χ1) is 8.65. The van der Waals surface area contributed by atoms with E-state index in [0.717, 1.165) is 0 Å². The van der Waals surface area contributed by atoms with Gasteiger partial charge in [-0.25, -0.2) is 4.39 Å². The Hall–Kier alpha value is -1.95. The van der Waals surface area contributed by atoms with Gasteiger partial charge in [-0.1, -0.05) is 0 Å². The summed E-state index contributed by atoms with van der Waals surface area (Å²) in [6, 6.07) is 2.99. The normalized spacial score (nSPS) is 22.8. The van der Waals surface area contributed by atoms with Crippen molar-refractivity contribution in [3.63, 3.8) is 0 Å². The zero-order valence-corrected chi connectivity index (χ0v) is 9.62. The smallest absolute Gasteiger partial charge is 0.151 e. The molecule has 94 valence electrons. The molecule has 6 heteroatoms. The average Bonchev–Trinajstić information content (AvgIpc) is 2.67. The first kappa shape index (κ1) is 11.2. The van der Waals surface area contributed by atoms with Crippen LogP contribution in [0.1, 0.15) is 18.9 Å². The van der Waals surface area contributed by atoms with Crippen LogP contribution >= 0.6 is 0 Å². The van der Waals surface area contributed by atoms with Crippen LogP contribution in [0, 0.1) is 5.82 Å². The molecule has 0 atom stereocenters. The Morgan fingerprint density at radius 2 is 2.17 bits per heavy atom. The highest BCUT2D eigenvalue weighted by Crippen LogP contribution is 2.34. The largest absolute Gasteiger partial charge is 0.396 e. The molecule has 18 heavy (non-hydrogen) atoms. The van der Waals surface area contributed by atoms with E-state index in [1.54, 1.807) is 10.9 Å². The van der Waals surface area contributed by atoms with Crippen molar-refractivity contribution < 1.29 is 9.50 Å². The maximum Gasteiger partial charge on any atom is 0.151 e. The van der Waals surface area contributed by atoms with Crippen molar-refractivity contribution in [2.75, 3.05) is 5.73 Å². The van der Waals surface area contributed by atoms with Gasteiger partial charge >= 0.3 is 0 Å². The molecular formula is C12H13FN4O. The van der Waals surface area contributed by atoms with Crippen molar-refractivity contribution >= 4 is 5.69 Å². The van der Waals surface area contributed by atoms with Crippen LogP contribution in [-0.4, -0.2) is 26.0 Å². The van der Waals surface area contributed by atoms with Crippen molar-refractivity contribution in [1.29, 1.82) is 0 Å². The highest BCUT2D eigenvalue weighted by atomic mass is 19.1. The molecule has 0 spiro atoms. The van der Waals surface area contributed by atoms with E-state index in [-0.39, 0.29) is 17.8 Å². The van der Waals surface area contributed by atoms with E-state index in [1.807, 2.05) is 0 Å². The molecule has 3 N–H and O–H groups in total. The van der Waals surface area contributed by atoms with E-state index < -0.39 is 5.82 Å². The van der Waals surface area contributed by atoms with Gasteiger partial charge < -0.3 is 10.8 Å². The van der Waals surface area contributed by atoms with Crippen LogP contribution < -0.4 is 5.73 Å². The number of rotatable bonds is 2. The van der Waals surface area contributed by atoms with Crippen molar-refractivity contribution in [3.05, 3.63) is 30.3 Å². The van der Waals surface area contributed by atoms with Crippen LogP contribution in [0.2, 0.25) is 0 Å². The van der Waals surface area contributed by atoms with Crippen LogP contribution in [0.25, 0.3) is 11.4 Å². The van der Waals surface area contributed by atoms with Gasteiger partial charge in [0.25, 0.3) is 0 Å². The van der Waals surface area contributed by atoms with E-state index in [1.165, 1.54) is 18.3 Å². The Balaban J connectivity index is 1.96. The Bertz CT molecular complexity index is 577. The molecule has 2 aromatic heterocycles. The molecule has 0 radical (unpaired) electrons. The van der Waals surface area contributed by atoms with Gasteiger partial charge in [-0.3, -0.25) is 9.67 Å². The number of aromatic nitrogens is 3. The molecule has 0 bridgehead atoms. The summed E-state index contributed by atoms with van der Waals surface area (Å²) in [5.41, 5.74) is 6.76. The standard InChI is InChI=1S/C12H13FN4O/c13-9-2-1-3-15-11(9)12-10(14)6-17(16-12)7-4-8(18)5-7/h1-3,6-8,18H,4-5,14H2/t7-,8-.